The van der Waals surface area contributed by atoms with E-state index < -0.39 is 5.60 Å². The molecule has 7 heteroatoms. The number of rotatable bonds is 6. The predicted molar refractivity (Wildman–Crippen MR) is 86.7 cm³/mol. The Labute approximate surface area is 133 Å². The lowest BCUT2D eigenvalue weighted by Crippen LogP contribution is -2.34. The molecule has 1 heterocycles. The van der Waals surface area contributed by atoms with Crippen LogP contribution in [0.25, 0.3) is 0 Å². The minimum absolute atomic E-state index is 0.153. The molecule has 6 nitrogen and oxygen atoms in total. The van der Waals surface area contributed by atoms with Gasteiger partial charge >= 0.3 is 0 Å². The summed E-state index contributed by atoms with van der Waals surface area (Å²) >= 11 is 3.33. The minimum Gasteiger partial charge on any atom is -0.388 e. The number of nitrogens with zero attached hydrogens (tertiary/aromatic N) is 3. The molecule has 118 valence electrons. The highest BCUT2D eigenvalue weighted by Crippen LogP contribution is 2.30. The quantitative estimate of drug-likeness (QED) is 0.801. The molecule has 2 rings (SSSR count). The number of nitrogens with one attached hydrogen (secondary N) is 1. The maximum atomic E-state index is 12.2. The van der Waals surface area contributed by atoms with Crippen molar-refractivity contribution in [2.45, 2.75) is 37.8 Å². The van der Waals surface area contributed by atoms with Gasteiger partial charge in [-0.15, -0.1) is 0 Å². The zero-order chi connectivity index (χ0) is 15.5. The molecule has 0 amide bonds. The Morgan fingerprint density at radius 1 is 1.48 bits per heavy atom. The van der Waals surface area contributed by atoms with Gasteiger partial charge in [0.2, 0.25) is 0 Å². The van der Waals surface area contributed by atoms with E-state index in [-0.39, 0.29) is 5.56 Å². The number of halogens is 1. The lowest BCUT2D eigenvalue weighted by molar-refractivity contribution is 0.0614. The van der Waals surface area contributed by atoms with Crippen LogP contribution in [0.5, 0.6) is 0 Å². The Bertz CT molecular complexity index is 538. The summed E-state index contributed by atoms with van der Waals surface area (Å²) in [7, 11) is 3.91. The molecule has 1 aliphatic carbocycles. The van der Waals surface area contributed by atoms with E-state index in [1.165, 1.54) is 4.68 Å². The van der Waals surface area contributed by atoms with Gasteiger partial charge in [0.05, 0.1) is 24.0 Å². The molecule has 0 unspecified atom stereocenters. The first-order valence-electron chi connectivity index (χ1n) is 7.28. The van der Waals surface area contributed by atoms with Gasteiger partial charge in [-0.05, 0) is 42.9 Å². The molecule has 0 saturated heterocycles. The van der Waals surface area contributed by atoms with Crippen molar-refractivity contribution in [2.75, 3.05) is 32.5 Å². The van der Waals surface area contributed by atoms with Crippen LogP contribution >= 0.6 is 15.9 Å². The number of likely N-dealkylation sites (N-methyl/N-ethyl adjacent to an activating group) is 1. The number of aromatic nitrogens is 2. The van der Waals surface area contributed by atoms with Crippen molar-refractivity contribution in [3.63, 3.8) is 0 Å². The van der Waals surface area contributed by atoms with Gasteiger partial charge in [0.25, 0.3) is 5.56 Å². The third-order valence-corrected chi connectivity index (χ3v) is 4.65. The molecule has 1 aromatic rings. The average Bonchev–Trinajstić information content (AvgIpc) is 2.86. The van der Waals surface area contributed by atoms with Crippen LogP contribution in [0, 0.1) is 0 Å². The Kier molecular flexibility index (Phi) is 5.40. The second-order valence-electron chi connectivity index (χ2n) is 5.99. The number of hydrogen-bond donors (Lipinski definition) is 2. The zero-order valence-corrected chi connectivity index (χ0v) is 14.2. The molecular formula is C14H23BrN4O2. The largest absolute Gasteiger partial charge is 0.388 e. The summed E-state index contributed by atoms with van der Waals surface area (Å²) in [6.45, 7) is 1.76. The standard InChI is InChI=1S/C14H23BrN4O2/c1-18(2)7-8-19-13(20)12(15)11(9-17-19)16-10-14(21)5-3-4-6-14/h9,16,21H,3-8,10H2,1-2H3. The first-order chi connectivity index (χ1) is 9.91. The van der Waals surface area contributed by atoms with Crippen molar-refractivity contribution < 1.29 is 5.11 Å². The van der Waals surface area contributed by atoms with Crippen molar-refractivity contribution in [3.05, 3.63) is 21.0 Å². The topological polar surface area (TPSA) is 70.4 Å². The predicted octanol–water partition coefficient (Wildman–Crippen LogP) is 1.28. The third-order valence-electron chi connectivity index (χ3n) is 3.89. The van der Waals surface area contributed by atoms with E-state index in [9.17, 15) is 9.90 Å². The molecule has 0 atom stereocenters. The molecule has 0 spiro atoms. The summed E-state index contributed by atoms with van der Waals surface area (Å²) in [6, 6.07) is 0. The second-order valence-corrected chi connectivity index (χ2v) is 6.78. The van der Waals surface area contributed by atoms with Gasteiger partial charge < -0.3 is 15.3 Å². The molecule has 1 fully saturated rings. The average molecular weight is 359 g/mol. The van der Waals surface area contributed by atoms with E-state index in [1.807, 2.05) is 19.0 Å². The Balaban J connectivity index is 2.04. The highest BCUT2D eigenvalue weighted by atomic mass is 79.9. The van der Waals surface area contributed by atoms with E-state index in [0.717, 1.165) is 32.2 Å². The molecule has 1 aromatic heterocycles. The van der Waals surface area contributed by atoms with E-state index in [4.69, 9.17) is 0 Å². The molecule has 0 aromatic carbocycles. The van der Waals surface area contributed by atoms with Crippen molar-refractivity contribution >= 4 is 21.6 Å². The Hall–Kier alpha value is -0.920. The summed E-state index contributed by atoms with van der Waals surface area (Å²) in [4.78, 5) is 14.2. The van der Waals surface area contributed by atoms with Crippen LogP contribution in [0.3, 0.4) is 0 Å². The third kappa shape index (κ3) is 4.28. The van der Waals surface area contributed by atoms with Crippen molar-refractivity contribution in [1.29, 1.82) is 0 Å². The maximum absolute atomic E-state index is 12.2. The van der Waals surface area contributed by atoms with Crippen LogP contribution in [0.15, 0.2) is 15.5 Å². The monoisotopic (exact) mass is 358 g/mol. The van der Waals surface area contributed by atoms with Gasteiger partial charge in [0, 0.05) is 13.1 Å². The molecule has 2 N–H and O–H groups in total. The molecule has 1 aliphatic rings. The highest BCUT2D eigenvalue weighted by molar-refractivity contribution is 9.10. The first-order valence-corrected chi connectivity index (χ1v) is 8.07. The van der Waals surface area contributed by atoms with Crippen molar-refractivity contribution in [3.8, 4) is 0 Å². The van der Waals surface area contributed by atoms with Gasteiger partial charge in [0.15, 0.2) is 0 Å². The summed E-state index contributed by atoms with van der Waals surface area (Å²) in [5.74, 6) is 0. The Morgan fingerprint density at radius 3 is 2.76 bits per heavy atom. The molecular weight excluding hydrogens is 336 g/mol. The van der Waals surface area contributed by atoms with Gasteiger partial charge in [-0.3, -0.25) is 4.79 Å². The maximum Gasteiger partial charge on any atom is 0.283 e. The lowest BCUT2D eigenvalue weighted by atomic mass is 10.0. The van der Waals surface area contributed by atoms with Gasteiger partial charge in [-0.25, -0.2) is 4.68 Å². The smallest absolute Gasteiger partial charge is 0.283 e. The molecule has 21 heavy (non-hydrogen) atoms. The van der Waals surface area contributed by atoms with Gasteiger partial charge in [-0.1, -0.05) is 12.8 Å². The van der Waals surface area contributed by atoms with Crippen LogP contribution in [-0.4, -0.2) is 52.6 Å². The molecule has 1 saturated carbocycles. The number of anilines is 1. The molecule has 0 aliphatic heterocycles. The Morgan fingerprint density at radius 2 is 2.14 bits per heavy atom. The highest BCUT2D eigenvalue weighted by Gasteiger charge is 2.30. The summed E-state index contributed by atoms with van der Waals surface area (Å²) < 4.78 is 1.91. The van der Waals surface area contributed by atoms with Gasteiger partial charge in [0.1, 0.15) is 4.47 Å². The van der Waals surface area contributed by atoms with Crippen LogP contribution in [0.4, 0.5) is 5.69 Å². The summed E-state index contributed by atoms with van der Waals surface area (Å²) in [5.41, 5.74) is -0.166. The van der Waals surface area contributed by atoms with E-state index in [1.54, 1.807) is 6.20 Å². The first kappa shape index (κ1) is 16.5. The van der Waals surface area contributed by atoms with Crippen LogP contribution < -0.4 is 10.9 Å². The SMILES string of the molecule is CN(C)CCn1ncc(NCC2(O)CCCC2)c(Br)c1=O. The number of aliphatic hydroxyl groups is 1. The van der Waals surface area contributed by atoms with E-state index in [0.29, 0.717) is 23.2 Å². The molecule has 0 radical (unpaired) electrons. The van der Waals surface area contributed by atoms with Crippen molar-refractivity contribution in [2.24, 2.45) is 0 Å². The molecule has 0 bridgehead atoms. The van der Waals surface area contributed by atoms with Crippen molar-refractivity contribution in [1.82, 2.24) is 14.7 Å². The summed E-state index contributed by atoms with van der Waals surface area (Å²) in [6.07, 6.45) is 5.38. The fourth-order valence-electron chi connectivity index (χ4n) is 2.51. The number of hydrogen-bond acceptors (Lipinski definition) is 5. The van der Waals surface area contributed by atoms with Gasteiger partial charge in [-0.2, -0.15) is 5.10 Å². The van der Waals surface area contributed by atoms with Crippen LogP contribution in [0.1, 0.15) is 25.7 Å². The lowest BCUT2D eigenvalue weighted by Gasteiger charge is -2.23. The minimum atomic E-state index is -0.654. The summed E-state index contributed by atoms with van der Waals surface area (Å²) in [5, 5.41) is 17.7. The van der Waals surface area contributed by atoms with Crippen LogP contribution in [0.2, 0.25) is 0 Å². The van der Waals surface area contributed by atoms with Crippen LogP contribution in [-0.2, 0) is 6.54 Å². The normalized spacial score (nSPS) is 17.4. The zero-order valence-electron chi connectivity index (χ0n) is 12.6. The fraction of sp³-hybridized carbons (Fsp3) is 0.714. The fourth-order valence-corrected chi connectivity index (χ4v) is 2.96. The van der Waals surface area contributed by atoms with E-state index in [2.05, 4.69) is 26.3 Å². The van der Waals surface area contributed by atoms with E-state index >= 15 is 0 Å². The second kappa shape index (κ2) is 6.89.